The number of pyridine rings is 1. The van der Waals surface area contributed by atoms with Crippen LogP contribution in [0.5, 0.6) is 0 Å². The lowest BCUT2D eigenvalue weighted by molar-refractivity contribution is 0.860. The highest BCUT2D eigenvalue weighted by atomic mass is 14.7. The van der Waals surface area contributed by atoms with E-state index in [0.29, 0.717) is 11.8 Å². The molecule has 1 aliphatic heterocycles. The highest BCUT2D eigenvalue weighted by Gasteiger charge is 2.16. The van der Waals surface area contributed by atoms with Crippen LogP contribution in [0.15, 0.2) is 114 Å². The van der Waals surface area contributed by atoms with Crippen LogP contribution in [-0.4, -0.2) is 17.2 Å². The van der Waals surface area contributed by atoms with Gasteiger partial charge in [-0.15, -0.1) is 0 Å². The maximum Gasteiger partial charge on any atom is 0.0780 e. The van der Waals surface area contributed by atoms with Gasteiger partial charge in [0.25, 0.3) is 0 Å². The summed E-state index contributed by atoms with van der Waals surface area (Å²) in [4.78, 5) is 9.34. The Kier molecular flexibility index (Phi) is 7.79. The van der Waals surface area contributed by atoms with Crippen molar-refractivity contribution in [1.82, 2.24) is 4.98 Å². The number of aliphatic imine (C=N–C) groups is 1. The van der Waals surface area contributed by atoms with Gasteiger partial charge in [-0.3, -0.25) is 9.98 Å². The highest BCUT2D eigenvalue weighted by Crippen LogP contribution is 2.29. The lowest BCUT2D eigenvalue weighted by Crippen LogP contribution is -2.14. The zero-order valence-corrected chi connectivity index (χ0v) is 22.9. The molecule has 2 heterocycles. The number of benzene rings is 4. The zero-order chi connectivity index (χ0) is 26.5. The molecule has 1 aromatic heterocycles. The molecule has 0 unspecified atom stereocenters. The molecule has 5 aromatic rings. The molecule has 0 spiro atoms. The molecule has 0 saturated heterocycles. The largest absolute Gasteiger partial charge is 0.284 e. The summed E-state index contributed by atoms with van der Waals surface area (Å²) in [6.45, 7) is 9.82. The van der Waals surface area contributed by atoms with Crippen LogP contribution in [0, 0.1) is 0 Å². The number of rotatable bonds is 4. The van der Waals surface area contributed by atoms with Gasteiger partial charge in [0.05, 0.1) is 11.4 Å². The highest BCUT2D eigenvalue weighted by molar-refractivity contribution is 6.14. The fourth-order valence-corrected chi connectivity index (χ4v) is 4.98. The third kappa shape index (κ3) is 5.60. The number of aromatic nitrogens is 1. The van der Waals surface area contributed by atoms with Crippen molar-refractivity contribution in [2.45, 2.75) is 46.0 Å². The van der Waals surface area contributed by atoms with Crippen molar-refractivity contribution in [3.05, 3.63) is 137 Å². The first kappa shape index (κ1) is 25.6. The summed E-state index contributed by atoms with van der Waals surface area (Å²) in [5.41, 5.74) is 10.1. The second-order valence-electron chi connectivity index (χ2n) is 10.6. The van der Waals surface area contributed by atoms with E-state index >= 15 is 0 Å². The van der Waals surface area contributed by atoms with Crippen LogP contribution in [0.4, 0.5) is 0 Å². The van der Waals surface area contributed by atoms with Crippen molar-refractivity contribution in [1.29, 1.82) is 0 Å². The molecule has 0 bridgehead atoms. The van der Waals surface area contributed by atoms with Crippen LogP contribution >= 0.6 is 0 Å². The van der Waals surface area contributed by atoms with E-state index in [-0.39, 0.29) is 0 Å². The Morgan fingerprint density at radius 2 is 1.26 bits per heavy atom. The predicted octanol–water partition coefficient (Wildman–Crippen LogP) is 9.23. The van der Waals surface area contributed by atoms with Gasteiger partial charge in [-0.25, -0.2) is 0 Å². The Labute approximate surface area is 227 Å². The molecule has 0 atom stereocenters. The molecule has 0 amide bonds. The third-order valence-corrected chi connectivity index (χ3v) is 7.26. The summed E-state index contributed by atoms with van der Waals surface area (Å²) in [7, 11) is 0. The number of hydrogen-bond acceptors (Lipinski definition) is 2. The Balaban J connectivity index is 0.000000155. The molecule has 0 fully saturated rings. The lowest BCUT2D eigenvalue weighted by atomic mass is 9.89. The van der Waals surface area contributed by atoms with Crippen LogP contribution < -0.4 is 0 Å². The summed E-state index contributed by atoms with van der Waals surface area (Å²) in [5, 5.41) is 2.48. The van der Waals surface area contributed by atoms with Crippen molar-refractivity contribution in [3.63, 3.8) is 0 Å². The predicted molar refractivity (Wildman–Crippen MR) is 162 cm³/mol. The fourth-order valence-electron chi connectivity index (χ4n) is 4.98. The van der Waals surface area contributed by atoms with Gasteiger partial charge in [-0.2, -0.15) is 0 Å². The molecule has 0 saturated carbocycles. The molecule has 0 radical (unpaired) electrons. The average Bonchev–Trinajstić information content (AvgIpc) is 2.97. The number of hydrogen-bond donors (Lipinski definition) is 0. The molecule has 1 aliphatic rings. The molecule has 6 rings (SSSR count). The minimum absolute atomic E-state index is 0.535. The number of nitrogens with zero attached hydrogens (tertiary/aromatic N) is 2. The van der Waals surface area contributed by atoms with Crippen molar-refractivity contribution >= 4 is 16.5 Å². The van der Waals surface area contributed by atoms with Gasteiger partial charge in [0.15, 0.2) is 0 Å². The third-order valence-electron chi connectivity index (χ3n) is 7.26. The minimum Gasteiger partial charge on any atom is -0.284 e. The van der Waals surface area contributed by atoms with Gasteiger partial charge in [0.1, 0.15) is 0 Å². The zero-order valence-electron chi connectivity index (χ0n) is 22.9. The van der Waals surface area contributed by atoms with Crippen molar-refractivity contribution in [2.24, 2.45) is 4.99 Å². The van der Waals surface area contributed by atoms with E-state index in [9.17, 15) is 0 Å². The van der Waals surface area contributed by atoms with E-state index in [4.69, 9.17) is 4.99 Å². The molecule has 4 aromatic carbocycles. The summed E-state index contributed by atoms with van der Waals surface area (Å²) in [6, 6.07) is 36.5. The summed E-state index contributed by atoms with van der Waals surface area (Å²) < 4.78 is 0. The Morgan fingerprint density at radius 1 is 0.632 bits per heavy atom. The molecule has 0 N–H and O–H groups in total. The average molecular weight is 497 g/mol. The van der Waals surface area contributed by atoms with Gasteiger partial charge in [0, 0.05) is 34.8 Å². The first-order valence-electron chi connectivity index (χ1n) is 13.7. The minimum atomic E-state index is 0.535. The maximum absolute atomic E-state index is 4.76. The summed E-state index contributed by atoms with van der Waals surface area (Å²) in [6.07, 6.45) is 2.95. The Hall–Kier alpha value is -4.04. The van der Waals surface area contributed by atoms with E-state index in [0.717, 1.165) is 24.4 Å². The fraction of sp³-hybridized carbons (Fsp3) is 0.222. The Bertz CT molecular complexity index is 1550. The van der Waals surface area contributed by atoms with Crippen LogP contribution in [0.1, 0.15) is 67.3 Å². The summed E-state index contributed by atoms with van der Waals surface area (Å²) in [5.74, 6) is 1.09. The molecular formula is C36H36N2. The molecular weight excluding hydrogens is 460 g/mol. The van der Waals surface area contributed by atoms with Crippen molar-refractivity contribution in [2.75, 3.05) is 6.54 Å². The molecule has 190 valence electrons. The van der Waals surface area contributed by atoms with E-state index in [1.165, 1.54) is 44.2 Å². The molecule has 0 aliphatic carbocycles. The van der Waals surface area contributed by atoms with E-state index in [2.05, 4.69) is 130 Å². The van der Waals surface area contributed by atoms with Crippen LogP contribution in [0.2, 0.25) is 0 Å². The monoisotopic (exact) mass is 496 g/mol. The Morgan fingerprint density at radius 3 is 1.95 bits per heavy atom. The van der Waals surface area contributed by atoms with Gasteiger partial charge in [-0.1, -0.05) is 113 Å². The van der Waals surface area contributed by atoms with Gasteiger partial charge >= 0.3 is 0 Å². The molecule has 2 nitrogen and oxygen atoms in total. The van der Waals surface area contributed by atoms with Crippen LogP contribution in [0.25, 0.3) is 22.0 Å². The van der Waals surface area contributed by atoms with Gasteiger partial charge in [0.2, 0.25) is 0 Å². The second-order valence-corrected chi connectivity index (χ2v) is 10.6. The first-order chi connectivity index (χ1) is 18.5. The summed E-state index contributed by atoms with van der Waals surface area (Å²) >= 11 is 0. The first-order valence-corrected chi connectivity index (χ1v) is 13.7. The van der Waals surface area contributed by atoms with Crippen LogP contribution in [0.3, 0.4) is 0 Å². The maximum atomic E-state index is 4.76. The quantitative estimate of drug-likeness (QED) is 0.243. The second kappa shape index (κ2) is 11.6. The smallest absolute Gasteiger partial charge is 0.0780 e. The van der Waals surface area contributed by atoms with E-state index < -0.39 is 0 Å². The van der Waals surface area contributed by atoms with Crippen LogP contribution in [-0.2, 0) is 6.42 Å². The molecule has 2 heteroatoms. The van der Waals surface area contributed by atoms with Gasteiger partial charge < -0.3 is 0 Å². The lowest BCUT2D eigenvalue weighted by Gasteiger charge is -2.19. The standard InChI is InChI=1S/C18H19N.C18H17N/c2*1-13(2)16-9-8-14-10-11-19-18(17(14)12-16)15-6-4-3-5-7-15/h3-9,12-13H,10-11H2,1-2H3;3-13H,1-2H3. The van der Waals surface area contributed by atoms with E-state index in [1.807, 2.05) is 12.3 Å². The topological polar surface area (TPSA) is 25.2 Å². The van der Waals surface area contributed by atoms with Crippen molar-refractivity contribution < 1.29 is 0 Å². The normalized spacial score (nSPS) is 12.6. The van der Waals surface area contributed by atoms with Gasteiger partial charge in [-0.05, 0) is 58.5 Å². The SMILES string of the molecule is CC(C)c1ccc2c(c1)C(c1ccccc1)=NCC2.CC(C)c1ccc2ccnc(-c3ccccc3)c2c1. The number of fused-ring (bicyclic) bond motifs is 2. The van der Waals surface area contributed by atoms with E-state index in [1.54, 1.807) is 0 Å². The van der Waals surface area contributed by atoms with Crippen molar-refractivity contribution in [3.8, 4) is 11.3 Å². The molecule has 38 heavy (non-hydrogen) atoms.